The number of aromatic nitrogens is 1. The predicted molar refractivity (Wildman–Crippen MR) is 141 cm³/mol. The lowest BCUT2D eigenvalue weighted by Gasteiger charge is -2.41. The summed E-state index contributed by atoms with van der Waals surface area (Å²) in [6, 6.07) is 17.5. The molecule has 1 aromatic heterocycles. The van der Waals surface area contributed by atoms with Crippen LogP contribution < -0.4 is 4.74 Å². The van der Waals surface area contributed by atoms with Crippen molar-refractivity contribution in [1.82, 2.24) is 9.88 Å². The maximum atomic E-state index is 15.6. The smallest absolute Gasteiger partial charge is 0.303 e. The van der Waals surface area contributed by atoms with Crippen molar-refractivity contribution in [3.63, 3.8) is 0 Å². The summed E-state index contributed by atoms with van der Waals surface area (Å²) >= 11 is 0. The number of hydrogen-bond donors (Lipinski definition) is 1. The van der Waals surface area contributed by atoms with Gasteiger partial charge in [0.1, 0.15) is 11.9 Å². The van der Waals surface area contributed by atoms with Crippen molar-refractivity contribution in [2.75, 3.05) is 20.2 Å². The average Bonchev–Trinajstić information content (AvgIpc) is 2.90. The normalized spacial score (nSPS) is 18.7. The first-order valence-corrected chi connectivity index (χ1v) is 12.7. The van der Waals surface area contributed by atoms with Crippen LogP contribution in [0.5, 0.6) is 5.75 Å². The molecule has 2 heterocycles. The fourth-order valence-corrected chi connectivity index (χ4v) is 5.39. The molecule has 0 saturated carbocycles. The summed E-state index contributed by atoms with van der Waals surface area (Å²) in [6.07, 6.45) is 4.08. The number of methoxy groups -OCH3 is 1. The molecule has 1 aliphatic heterocycles. The van der Waals surface area contributed by atoms with Crippen molar-refractivity contribution in [3.8, 4) is 5.75 Å². The lowest BCUT2D eigenvalue weighted by Crippen LogP contribution is -2.40. The highest BCUT2D eigenvalue weighted by molar-refractivity contribution is 5.83. The van der Waals surface area contributed by atoms with Crippen LogP contribution >= 0.6 is 0 Å². The Kier molecular flexibility index (Phi) is 8.57. The summed E-state index contributed by atoms with van der Waals surface area (Å²) in [6.45, 7) is 5.96. The van der Waals surface area contributed by atoms with Gasteiger partial charge in [-0.2, -0.15) is 0 Å². The van der Waals surface area contributed by atoms with Crippen molar-refractivity contribution in [2.45, 2.75) is 44.7 Å². The number of aliphatic carboxylic acids is 1. The number of carboxylic acids is 1. The van der Waals surface area contributed by atoms with Crippen molar-refractivity contribution >= 4 is 16.9 Å². The van der Waals surface area contributed by atoms with Crippen LogP contribution in [0.1, 0.15) is 49.4 Å². The largest absolute Gasteiger partial charge is 0.497 e. The Labute approximate surface area is 212 Å². The van der Waals surface area contributed by atoms with Crippen LogP contribution in [0.15, 0.2) is 73.1 Å². The van der Waals surface area contributed by atoms with Gasteiger partial charge in [-0.1, -0.05) is 36.9 Å². The molecule has 2 aromatic carbocycles. The zero-order valence-electron chi connectivity index (χ0n) is 20.9. The number of benzene rings is 2. The number of halogens is 1. The lowest BCUT2D eigenvalue weighted by atomic mass is 9.78. The SMILES string of the molecule is C=C(Cc1ccccc1)N1CCC(CC[C@H](F)c2ccnc3ccc(OC)cc23)C(CCC(=O)O)C1. The number of piperidine rings is 1. The average molecular weight is 491 g/mol. The number of fused-ring (bicyclic) bond motifs is 1. The quantitative estimate of drug-likeness (QED) is 0.328. The molecule has 0 radical (unpaired) electrons. The molecular weight excluding hydrogens is 455 g/mol. The molecule has 2 unspecified atom stereocenters. The van der Waals surface area contributed by atoms with Crippen LogP contribution in [0.3, 0.4) is 0 Å². The Morgan fingerprint density at radius 2 is 2.00 bits per heavy atom. The van der Waals surface area contributed by atoms with E-state index in [9.17, 15) is 9.90 Å². The Morgan fingerprint density at radius 1 is 1.19 bits per heavy atom. The van der Waals surface area contributed by atoms with Gasteiger partial charge in [0.25, 0.3) is 0 Å². The molecular formula is C30H35FN2O3. The van der Waals surface area contributed by atoms with E-state index in [2.05, 4.69) is 28.6 Å². The molecule has 0 bridgehead atoms. The van der Waals surface area contributed by atoms with E-state index in [1.165, 1.54) is 5.56 Å². The van der Waals surface area contributed by atoms with Gasteiger partial charge in [0.05, 0.1) is 12.6 Å². The predicted octanol–water partition coefficient (Wildman–Crippen LogP) is 6.59. The summed E-state index contributed by atoms with van der Waals surface area (Å²) < 4.78 is 20.9. The molecule has 0 spiro atoms. The van der Waals surface area contributed by atoms with Gasteiger partial charge in [-0.05, 0) is 72.9 Å². The zero-order valence-corrected chi connectivity index (χ0v) is 20.9. The van der Waals surface area contributed by atoms with Gasteiger partial charge in [0.15, 0.2) is 0 Å². The number of carboxylic acid groups (broad SMARTS) is 1. The van der Waals surface area contributed by atoms with E-state index in [1.807, 2.05) is 36.4 Å². The van der Waals surface area contributed by atoms with E-state index in [0.29, 0.717) is 24.2 Å². The number of carbonyl (C=O) groups is 1. The maximum Gasteiger partial charge on any atom is 0.303 e. The molecule has 1 fully saturated rings. The highest BCUT2D eigenvalue weighted by atomic mass is 19.1. The minimum absolute atomic E-state index is 0.133. The summed E-state index contributed by atoms with van der Waals surface area (Å²) in [5.41, 5.74) is 3.66. The second-order valence-corrected chi connectivity index (χ2v) is 9.74. The van der Waals surface area contributed by atoms with Crippen molar-refractivity contribution in [3.05, 3.63) is 84.2 Å². The van der Waals surface area contributed by atoms with Gasteiger partial charge >= 0.3 is 5.97 Å². The van der Waals surface area contributed by atoms with E-state index >= 15 is 4.39 Å². The molecule has 3 atom stereocenters. The van der Waals surface area contributed by atoms with Gasteiger partial charge in [-0.15, -0.1) is 0 Å². The Morgan fingerprint density at radius 3 is 2.75 bits per heavy atom. The fourth-order valence-electron chi connectivity index (χ4n) is 5.39. The molecule has 0 amide bonds. The Hall–Kier alpha value is -3.41. The highest BCUT2D eigenvalue weighted by Crippen LogP contribution is 2.37. The van der Waals surface area contributed by atoms with Gasteiger partial charge in [0, 0.05) is 43.2 Å². The Bertz CT molecular complexity index is 1180. The summed E-state index contributed by atoms with van der Waals surface area (Å²) in [4.78, 5) is 18.0. The third kappa shape index (κ3) is 6.42. The summed E-state index contributed by atoms with van der Waals surface area (Å²) in [5.74, 6) is 0.380. The third-order valence-electron chi connectivity index (χ3n) is 7.43. The molecule has 36 heavy (non-hydrogen) atoms. The third-order valence-corrected chi connectivity index (χ3v) is 7.43. The van der Waals surface area contributed by atoms with Crippen molar-refractivity contribution in [2.24, 2.45) is 11.8 Å². The lowest BCUT2D eigenvalue weighted by molar-refractivity contribution is -0.137. The molecule has 190 valence electrons. The van der Waals surface area contributed by atoms with Crippen LogP contribution in [-0.2, 0) is 11.2 Å². The first-order valence-electron chi connectivity index (χ1n) is 12.7. The fraction of sp³-hybridized carbons (Fsp3) is 0.400. The van der Waals surface area contributed by atoms with Gasteiger partial charge in [0.2, 0.25) is 0 Å². The zero-order chi connectivity index (χ0) is 25.5. The van der Waals surface area contributed by atoms with Gasteiger partial charge < -0.3 is 14.7 Å². The minimum Gasteiger partial charge on any atom is -0.497 e. The molecule has 6 heteroatoms. The van der Waals surface area contributed by atoms with E-state index in [-0.39, 0.29) is 18.3 Å². The van der Waals surface area contributed by atoms with Crippen LogP contribution in [0, 0.1) is 11.8 Å². The van der Waals surface area contributed by atoms with E-state index < -0.39 is 12.1 Å². The number of hydrogen-bond acceptors (Lipinski definition) is 4. The molecule has 5 nitrogen and oxygen atoms in total. The van der Waals surface area contributed by atoms with Crippen LogP contribution in [0.2, 0.25) is 0 Å². The molecule has 3 aromatic rings. The topological polar surface area (TPSA) is 62.7 Å². The summed E-state index contributed by atoms with van der Waals surface area (Å²) in [7, 11) is 1.60. The number of rotatable bonds is 11. The number of nitrogens with zero attached hydrogens (tertiary/aromatic N) is 2. The summed E-state index contributed by atoms with van der Waals surface area (Å²) in [5, 5.41) is 10.1. The number of pyridine rings is 1. The van der Waals surface area contributed by atoms with Crippen molar-refractivity contribution in [1.29, 1.82) is 0 Å². The van der Waals surface area contributed by atoms with Crippen LogP contribution in [-0.4, -0.2) is 41.2 Å². The number of allylic oxidation sites excluding steroid dienone is 1. The maximum absolute atomic E-state index is 15.6. The van der Waals surface area contributed by atoms with E-state index in [0.717, 1.165) is 49.0 Å². The van der Waals surface area contributed by atoms with Crippen LogP contribution in [0.25, 0.3) is 10.9 Å². The van der Waals surface area contributed by atoms with E-state index in [1.54, 1.807) is 19.4 Å². The molecule has 0 aliphatic carbocycles. The number of alkyl halides is 1. The molecule has 1 aliphatic rings. The van der Waals surface area contributed by atoms with Crippen LogP contribution in [0.4, 0.5) is 4.39 Å². The second-order valence-electron chi connectivity index (χ2n) is 9.74. The standard InChI is InChI=1S/C30H35FN2O3/c1-21(18-22-6-4-3-5-7-22)33-17-15-23(24(20-33)9-13-30(34)35)8-11-28(31)26-14-16-32-29-12-10-25(36-2)19-27(26)29/h3-7,10,12,14,16,19,23-24,28H,1,8-9,11,13,15,17-18,20H2,2H3,(H,34,35)/t23?,24?,28-/m0/s1. The number of likely N-dealkylation sites (tertiary alicyclic amines) is 1. The van der Waals surface area contributed by atoms with E-state index in [4.69, 9.17) is 4.74 Å². The monoisotopic (exact) mass is 490 g/mol. The van der Waals surface area contributed by atoms with Gasteiger partial charge in [-0.3, -0.25) is 9.78 Å². The number of ether oxygens (including phenoxy) is 1. The molecule has 4 rings (SSSR count). The van der Waals surface area contributed by atoms with Gasteiger partial charge in [-0.25, -0.2) is 4.39 Å². The Balaban J connectivity index is 1.42. The highest BCUT2D eigenvalue weighted by Gasteiger charge is 2.31. The molecule has 1 saturated heterocycles. The second kappa shape index (κ2) is 12.0. The molecule has 1 N–H and O–H groups in total. The van der Waals surface area contributed by atoms with Crippen molar-refractivity contribution < 1.29 is 19.0 Å². The minimum atomic E-state index is -1.12. The first kappa shape index (κ1) is 25.7. The first-order chi connectivity index (χ1) is 17.4.